The molecule has 5 nitrogen and oxygen atoms in total. The number of anilines is 1. The quantitative estimate of drug-likeness (QED) is 0.560. The molecule has 0 aliphatic heterocycles. The van der Waals surface area contributed by atoms with Crippen molar-refractivity contribution >= 4 is 17.6 Å². The molecule has 1 N–H and O–H groups in total. The molecule has 0 heterocycles. The van der Waals surface area contributed by atoms with Crippen molar-refractivity contribution in [1.82, 2.24) is 0 Å². The van der Waals surface area contributed by atoms with Crippen molar-refractivity contribution in [2.45, 2.75) is 33.5 Å². The van der Waals surface area contributed by atoms with Gasteiger partial charge in [-0.1, -0.05) is 54.6 Å². The zero-order valence-electron chi connectivity index (χ0n) is 17.3. The lowest BCUT2D eigenvalue weighted by Gasteiger charge is -2.16. The Morgan fingerprint density at radius 1 is 0.900 bits per heavy atom. The van der Waals surface area contributed by atoms with Gasteiger partial charge in [0.15, 0.2) is 6.10 Å². The first-order chi connectivity index (χ1) is 14.4. The van der Waals surface area contributed by atoms with Crippen LogP contribution in [0.1, 0.15) is 34.0 Å². The molecule has 0 bridgehead atoms. The monoisotopic (exact) mass is 403 g/mol. The van der Waals surface area contributed by atoms with E-state index in [0.717, 1.165) is 22.4 Å². The molecule has 0 saturated carbocycles. The van der Waals surface area contributed by atoms with Crippen LogP contribution in [0, 0.1) is 13.8 Å². The van der Waals surface area contributed by atoms with Gasteiger partial charge in [-0.15, -0.1) is 0 Å². The number of esters is 1. The summed E-state index contributed by atoms with van der Waals surface area (Å²) in [6, 6.07) is 22.3. The van der Waals surface area contributed by atoms with Gasteiger partial charge in [0.1, 0.15) is 12.4 Å². The Hall–Kier alpha value is -3.60. The highest BCUT2D eigenvalue weighted by atomic mass is 16.5. The summed E-state index contributed by atoms with van der Waals surface area (Å²) >= 11 is 0. The Morgan fingerprint density at radius 3 is 2.27 bits per heavy atom. The van der Waals surface area contributed by atoms with E-state index in [2.05, 4.69) is 5.32 Å². The van der Waals surface area contributed by atoms with Gasteiger partial charge < -0.3 is 14.8 Å². The summed E-state index contributed by atoms with van der Waals surface area (Å²) in [7, 11) is 0. The fraction of sp³-hybridized carbons (Fsp3) is 0.200. The number of rotatable bonds is 7. The van der Waals surface area contributed by atoms with Gasteiger partial charge in [-0.2, -0.15) is 0 Å². The molecule has 3 aromatic rings. The molecule has 0 unspecified atom stereocenters. The summed E-state index contributed by atoms with van der Waals surface area (Å²) in [5.41, 5.74) is 3.99. The van der Waals surface area contributed by atoms with E-state index in [1.807, 2.05) is 62.4 Å². The van der Waals surface area contributed by atoms with Crippen molar-refractivity contribution in [3.8, 4) is 5.75 Å². The smallest absolute Gasteiger partial charge is 0.339 e. The van der Waals surface area contributed by atoms with E-state index < -0.39 is 12.1 Å². The van der Waals surface area contributed by atoms with Gasteiger partial charge in [-0.25, -0.2) is 4.79 Å². The van der Waals surface area contributed by atoms with Gasteiger partial charge in [-0.3, -0.25) is 4.79 Å². The summed E-state index contributed by atoms with van der Waals surface area (Å²) in [5.74, 6) is -0.400. The van der Waals surface area contributed by atoms with Gasteiger partial charge in [0.2, 0.25) is 0 Å². The molecule has 30 heavy (non-hydrogen) atoms. The maximum Gasteiger partial charge on any atom is 0.339 e. The van der Waals surface area contributed by atoms with Gasteiger partial charge in [0.05, 0.1) is 5.56 Å². The van der Waals surface area contributed by atoms with Crippen molar-refractivity contribution in [3.63, 3.8) is 0 Å². The Balaban J connectivity index is 1.60. The van der Waals surface area contributed by atoms with E-state index in [4.69, 9.17) is 9.47 Å². The summed E-state index contributed by atoms with van der Waals surface area (Å²) in [5, 5.41) is 2.84. The van der Waals surface area contributed by atoms with Gasteiger partial charge in [-0.05, 0) is 55.7 Å². The van der Waals surface area contributed by atoms with Crippen LogP contribution in [0.4, 0.5) is 5.69 Å². The Kier molecular flexibility index (Phi) is 6.86. The molecule has 0 saturated heterocycles. The van der Waals surface area contributed by atoms with E-state index in [0.29, 0.717) is 17.9 Å². The molecule has 0 aliphatic rings. The fourth-order valence-electron chi connectivity index (χ4n) is 2.97. The number of hydrogen-bond acceptors (Lipinski definition) is 4. The zero-order valence-corrected chi connectivity index (χ0v) is 17.3. The standard InChI is InChI=1S/C25H25NO4/c1-17-9-7-10-18(2)23(17)26-24(27)19(3)30-25(28)21-13-8-14-22(15-21)29-16-20-11-5-4-6-12-20/h4-15,19H,16H2,1-3H3,(H,26,27)/t19-/m1/s1. The molecule has 0 radical (unpaired) electrons. The summed E-state index contributed by atoms with van der Waals surface area (Å²) in [6.07, 6.45) is -0.939. The number of carbonyl (C=O) groups is 2. The average Bonchev–Trinajstić information content (AvgIpc) is 2.75. The number of nitrogens with one attached hydrogen (secondary N) is 1. The topological polar surface area (TPSA) is 64.6 Å². The largest absolute Gasteiger partial charge is 0.489 e. The molecule has 3 aromatic carbocycles. The highest BCUT2D eigenvalue weighted by Crippen LogP contribution is 2.20. The number of ether oxygens (including phenoxy) is 2. The van der Waals surface area contributed by atoms with Gasteiger partial charge >= 0.3 is 5.97 Å². The number of amides is 1. The maximum atomic E-state index is 12.5. The van der Waals surface area contributed by atoms with E-state index in [1.165, 1.54) is 0 Å². The predicted molar refractivity (Wildman–Crippen MR) is 117 cm³/mol. The first-order valence-electron chi connectivity index (χ1n) is 9.79. The van der Waals surface area contributed by atoms with Crippen LogP contribution in [-0.4, -0.2) is 18.0 Å². The SMILES string of the molecule is Cc1cccc(C)c1NC(=O)[C@@H](C)OC(=O)c1cccc(OCc2ccccc2)c1. The lowest BCUT2D eigenvalue weighted by molar-refractivity contribution is -0.123. The fourth-order valence-corrected chi connectivity index (χ4v) is 2.97. The number of aryl methyl sites for hydroxylation is 2. The van der Waals surface area contributed by atoms with Crippen molar-refractivity contribution in [2.75, 3.05) is 5.32 Å². The van der Waals surface area contributed by atoms with Crippen LogP contribution in [0.15, 0.2) is 72.8 Å². The predicted octanol–water partition coefficient (Wildman–Crippen LogP) is 5.07. The molecule has 3 rings (SSSR count). The Labute approximate surface area is 176 Å². The maximum absolute atomic E-state index is 12.5. The van der Waals surface area contributed by atoms with Crippen LogP contribution in [0.25, 0.3) is 0 Å². The Bertz CT molecular complexity index is 1010. The molecular formula is C25H25NO4. The van der Waals surface area contributed by atoms with Gasteiger partial charge in [0, 0.05) is 5.69 Å². The van der Waals surface area contributed by atoms with Crippen LogP contribution in [0.5, 0.6) is 5.75 Å². The minimum Gasteiger partial charge on any atom is -0.489 e. The highest BCUT2D eigenvalue weighted by molar-refractivity contribution is 5.98. The second-order valence-electron chi connectivity index (χ2n) is 7.11. The van der Waals surface area contributed by atoms with Crippen LogP contribution < -0.4 is 10.1 Å². The van der Waals surface area contributed by atoms with Crippen molar-refractivity contribution in [3.05, 3.63) is 95.1 Å². The third-order valence-electron chi connectivity index (χ3n) is 4.70. The molecule has 5 heteroatoms. The second-order valence-corrected chi connectivity index (χ2v) is 7.11. The summed E-state index contributed by atoms with van der Waals surface area (Å²) < 4.78 is 11.1. The van der Waals surface area contributed by atoms with Crippen molar-refractivity contribution in [1.29, 1.82) is 0 Å². The molecular weight excluding hydrogens is 378 g/mol. The van der Waals surface area contributed by atoms with E-state index in [1.54, 1.807) is 31.2 Å². The van der Waals surface area contributed by atoms with E-state index >= 15 is 0 Å². The first kappa shape index (κ1) is 21.1. The third kappa shape index (κ3) is 5.47. The minimum atomic E-state index is -0.939. The highest BCUT2D eigenvalue weighted by Gasteiger charge is 2.20. The normalized spacial score (nSPS) is 11.4. The lowest BCUT2D eigenvalue weighted by atomic mass is 10.1. The molecule has 1 atom stereocenters. The first-order valence-corrected chi connectivity index (χ1v) is 9.79. The number of hydrogen-bond donors (Lipinski definition) is 1. The van der Waals surface area contributed by atoms with E-state index in [-0.39, 0.29) is 5.91 Å². The molecule has 0 fully saturated rings. The lowest BCUT2D eigenvalue weighted by Crippen LogP contribution is -2.30. The molecule has 0 aromatic heterocycles. The van der Waals surface area contributed by atoms with Gasteiger partial charge in [0.25, 0.3) is 5.91 Å². The van der Waals surface area contributed by atoms with Crippen LogP contribution in [0.3, 0.4) is 0 Å². The number of para-hydroxylation sites is 1. The molecule has 1 amide bonds. The zero-order chi connectivity index (χ0) is 21.5. The van der Waals surface area contributed by atoms with Crippen LogP contribution in [-0.2, 0) is 16.1 Å². The number of carbonyl (C=O) groups excluding carboxylic acids is 2. The van der Waals surface area contributed by atoms with Crippen LogP contribution >= 0.6 is 0 Å². The van der Waals surface area contributed by atoms with E-state index in [9.17, 15) is 9.59 Å². The van der Waals surface area contributed by atoms with Crippen molar-refractivity contribution in [2.24, 2.45) is 0 Å². The third-order valence-corrected chi connectivity index (χ3v) is 4.70. The van der Waals surface area contributed by atoms with Crippen molar-refractivity contribution < 1.29 is 19.1 Å². The minimum absolute atomic E-state index is 0.326. The Morgan fingerprint density at radius 2 is 1.57 bits per heavy atom. The second kappa shape index (κ2) is 9.74. The molecule has 154 valence electrons. The summed E-state index contributed by atoms with van der Waals surface area (Å²) in [4.78, 5) is 25.0. The number of benzene rings is 3. The summed E-state index contributed by atoms with van der Waals surface area (Å²) in [6.45, 7) is 5.78. The van der Waals surface area contributed by atoms with Crippen LogP contribution in [0.2, 0.25) is 0 Å². The molecule has 0 spiro atoms. The average molecular weight is 403 g/mol. The molecule has 0 aliphatic carbocycles.